The lowest BCUT2D eigenvalue weighted by atomic mass is 10.3. The van der Waals surface area contributed by atoms with E-state index >= 15 is 0 Å². The maximum absolute atomic E-state index is 11.7. The summed E-state index contributed by atoms with van der Waals surface area (Å²) in [6.45, 7) is 7.72. The van der Waals surface area contributed by atoms with Gasteiger partial charge in [0, 0.05) is 19.1 Å². The molecule has 0 fully saturated rings. The zero-order valence-corrected chi connectivity index (χ0v) is 14.0. The van der Waals surface area contributed by atoms with E-state index in [-0.39, 0.29) is 11.9 Å². The molecule has 0 bridgehead atoms. The molecule has 0 saturated heterocycles. The van der Waals surface area contributed by atoms with E-state index in [0.717, 1.165) is 24.5 Å². The molecule has 0 atom stereocenters. The molecule has 0 unspecified atom stereocenters. The number of aromatic nitrogens is 1. The summed E-state index contributed by atoms with van der Waals surface area (Å²) >= 11 is 6.18. The number of likely N-dealkylation sites (N-methyl/N-ethyl adjacent to an activating group) is 1. The zero-order valence-electron chi connectivity index (χ0n) is 13.2. The molecule has 6 heteroatoms. The largest absolute Gasteiger partial charge is 0.370 e. The van der Waals surface area contributed by atoms with Crippen LogP contribution < -0.4 is 10.6 Å². The highest BCUT2D eigenvalue weighted by atomic mass is 35.5. The fourth-order valence-electron chi connectivity index (χ4n) is 1.87. The van der Waals surface area contributed by atoms with Crippen LogP contribution in [0.25, 0.3) is 0 Å². The van der Waals surface area contributed by atoms with Gasteiger partial charge in [-0.25, -0.2) is 4.98 Å². The lowest BCUT2D eigenvalue weighted by Crippen LogP contribution is -2.38. The Hall–Kier alpha value is -1.33. The molecule has 1 rings (SSSR count). The van der Waals surface area contributed by atoms with Gasteiger partial charge in [0.1, 0.15) is 5.82 Å². The highest BCUT2D eigenvalue weighted by Crippen LogP contribution is 2.18. The fraction of sp³-hybridized carbons (Fsp3) is 0.600. The zero-order chi connectivity index (χ0) is 15.8. The fourth-order valence-corrected chi connectivity index (χ4v) is 2.04. The van der Waals surface area contributed by atoms with Crippen LogP contribution in [-0.2, 0) is 11.3 Å². The summed E-state index contributed by atoms with van der Waals surface area (Å²) in [5, 5.41) is 6.72. The molecule has 5 nitrogen and oxygen atoms in total. The normalized spacial score (nSPS) is 11.0. The molecule has 1 aromatic rings. The molecule has 1 heterocycles. The van der Waals surface area contributed by atoms with Crippen molar-refractivity contribution in [1.29, 1.82) is 0 Å². The first-order valence-corrected chi connectivity index (χ1v) is 7.67. The Balaban J connectivity index is 2.62. The average Bonchev–Trinajstić information content (AvgIpc) is 2.38. The molecular formula is C15H25ClN4O. The minimum absolute atomic E-state index is 0.00360. The van der Waals surface area contributed by atoms with Crippen LogP contribution in [0.15, 0.2) is 12.1 Å². The SMILES string of the molecule is CCCNc1ccc(Cl)c(CN(C)CC(=O)NC(C)C)n1. The Bertz CT molecular complexity index is 465. The predicted octanol–water partition coefficient (Wildman–Crippen LogP) is 2.51. The summed E-state index contributed by atoms with van der Waals surface area (Å²) in [7, 11) is 1.88. The molecule has 0 aliphatic rings. The van der Waals surface area contributed by atoms with Crippen LogP contribution in [0.2, 0.25) is 5.02 Å². The lowest BCUT2D eigenvalue weighted by Gasteiger charge is -2.18. The standard InChI is InChI=1S/C15H25ClN4O/c1-5-8-17-14-7-6-12(16)13(19-14)9-20(4)10-15(21)18-11(2)3/h6-7,11H,5,8-10H2,1-4H3,(H,17,19)(H,18,21). The minimum Gasteiger partial charge on any atom is -0.370 e. The number of halogens is 1. The first-order chi connectivity index (χ1) is 9.92. The quantitative estimate of drug-likeness (QED) is 0.774. The maximum Gasteiger partial charge on any atom is 0.234 e. The van der Waals surface area contributed by atoms with Gasteiger partial charge in [0.2, 0.25) is 5.91 Å². The summed E-state index contributed by atoms with van der Waals surface area (Å²) in [4.78, 5) is 18.1. The third kappa shape index (κ3) is 6.78. The molecule has 0 aliphatic heterocycles. The second kappa shape index (κ2) is 8.85. The topological polar surface area (TPSA) is 57.3 Å². The maximum atomic E-state index is 11.7. The Labute approximate surface area is 132 Å². The number of hydrogen-bond donors (Lipinski definition) is 2. The van der Waals surface area contributed by atoms with Crippen LogP contribution in [0.3, 0.4) is 0 Å². The predicted molar refractivity (Wildman–Crippen MR) is 87.6 cm³/mol. The Morgan fingerprint density at radius 2 is 2.14 bits per heavy atom. The van der Waals surface area contributed by atoms with E-state index in [2.05, 4.69) is 22.5 Å². The van der Waals surface area contributed by atoms with Crippen molar-refractivity contribution in [2.45, 2.75) is 39.8 Å². The average molecular weight is 313 g/mol. The summed E-state index contributed by atoms with van der Waals surface area (Å²) in [6, 6.07) is 3.85. The van der Waals surface area contributed by atoms with Crippen LogP contribution in [0.4, 0.5) is 5.82 Å². The second-order valence-electron chi connectivity index (χ2n) is 5.45. The highest BCUT2D eigenvalue weighted by Gasteiger charge is 2.11. The van der Waals surface area contributed by atoms with E-state index in [0.29, 0.717) is 18.1 Å². The van der Waals surface area contributed by atoms with Gasteiger partial charge in [-0.3, -0.25) is 9.69 Å². The van der Waals surface area contributed by atoms with Crippen LogP contribution in [-0.4, -0.2) is 42.0 Å². The first kappa shape index (κ1) is 17.7. The second-order valence-corrected chi connectivity index (χ2v) is 5.85. The molecule has 1 aromatic heterocycles. The summed E-state index contributed by atoms with van der Waals surface area (Å²) in [5.41, 5.74) is 0.776. The van der Waals surface area contributed by atoms with Gasteiger partial charge in [-0.05, 0) is 39.4 Å². The van der Waals surface area contributed by atoms with Crippen molar-refractivity contribution >= 4 is 23.3 Å². The van der Waals surface area contributed by atoms with Crippen molar-refractivity contribution in [2.24, 2.45) is 0 Å². The van der Waals surface area contributed by atoms with Crippen LogP contribution >= 0.6 is 11.6 Å². The monoisotopic (exact) mass is 312 g/mol. The van der Waals surface area contributed by atoms with Crippen molar-refractivity contribution in [2.75, 3.05) is 25.5 Å². The van der Waals surface area contributed by atoms with Gasteiger partial charge in [0.15, 0.2) is 0 Å². The third-order valence-electron chi connectivity index (χ3n) is 2.76. The van der Waals surface area contributed by atoms with Crippen molar-refractivity contribution < 1.29 is 4.79 Å². The van der Waals surface area contributed by atoms with E-state index in [9.17, 15) is 4.79 Å². The van der Waals surface area contributed by atoms with E-state index in [1.54, 1.807) is 0 Å². The first-order valence-electron chi connectivity index (χ1n) is 7.29. The van der Waals surface area contributed by atoms with E-state index < -0.39 is 0 Å². The van der Waals surface area contributed by atoms with Crippen LogP contribution in [0.1, 0.15) is 32.9 Å². The van der Waals surface area contributed by atoms with Gasteiger partial charge in [-0.2, -0.15) is 0 Å². The number of rotatable bonds is 8. The van der Waals surface area contributed by atoms with Gasteiger partial charge < -0.3 is 10.6 Å². The van der Waals surface area contributed by atoms with Crippen molar-refractivity contribution in [3.8, 4) is 0 Å². The Kier molecular flexibility index (Phi) is 7.47. The van der Waals surface area contributed by atoms with Crippen molar-refractivity contribution in [3.05, 3.63) is 22.8 Å². The molecule has 1 amide bonds. The third-order valence-corrected chi connectivity index (χ3v) is 3.10. The van der Waals surface area contributed by atoms with E-state index in [1.807, 2.05) is 37.9 Å². The molecule has 0 saturated carbocycles. The molecule has 118 valence electrons. The summed E-state index contributed by atoms with van der Waals surface area (Å²) < 4.78 is 0. The van der Waals surface area contributed by atoms with Crippen LogP contribution in [0.5, 0.6) is 0 Å². The molecule has 0 aromatic carbocycles. The van der Waals surface area contributed by atoms with Gasteiger partial charge in [0.05, 0.1) is 17.3 Å². The van der Waals surface area contributed by atoms with E-state index in [4.69, 9.17) is 11.6 Å². The van der Waals surface area contributed by atoms with Gasteiger partial charge >= 0.3 is 0 Å². The molecule has 0 radical (unpaired) electrons. The smallest absolute Gasteiger partial charge is 0.234 e. The van der Waals surface area contributed by atoms with E-state index in [1.165, 1.54) is 0 Å². The molecule has 0 aliphatic carbocycles. The minimum atomic E-state index is 0.00360. The highest BCUT2D eigenvalue weighted by molar-refractivity contribution is 6.31. The Morgan fingerprint density at radius 1 is 1.43 bits per heavy atom. The van der Waals surface area contributed by atoms with Crippen molar-refractivity contribution in [3.63, 3.8) is 0 Å². The number of pyridine rings is 1. The van der Waals surface area contributed by atoms with Crippen LogP contribution in [0, 0.1) is 0 Å². The number of anilines is 1. The summed E-state index contributed by atoms with van der Waals surface area (Å²) in [6.07, 6.45) is 1.04. The molecule has 2 N–H and O–H groups in total. The van der Waals surface area contributed by atoms with Gasteiger partial charge in [-0.15, -0.1) is 0 Å². The number of hydrogen-bond acceptors (Lipinski definition) is 4. The number of carbonyl (C=O) groups excluding carboxylic acids is 1. The molecule has 0 spiro atoms. The number of nitrogens with zero attached hydrogens (tertiary/aromatic N) is 2. The molecule has 21 heavy (non-hydrogen) atoms. The van der Waals surface area contributed by atoms with Gasteiger partial charge in [0.25, 0.3) is 0 Å². The van der Waals surface area contributed by atoms with Gasteiger partial charge in [-0.1, -0.05) is 18.5 Å². The number of amides is 1. The Morgan fingerprint density at radius 3 is 2.76 bits per heavy atom. The lowest BCUT2D eigenvalue weighted by molar-refractivity contribution is -0.122. The summed E-state index contributed by atoms with van der Waals surface area (Å²) in [5.74, 6) is 0.820. The van der Waals surface area contributed by atoms with Crippen molar-refractivity contribution in [1.82, 2.24) is 15.2 Å². The molecular weight excluding hydrogens is 288 g/mol. The number of nitrogens with one attached hydrogen (secondary N) is 2. The number of carbonyl (C=O) groups is 1.